The van der Waals surface area contributed by atoms with Crippen LogP contribution in [0.3, 0.4) is 0 Å². The summed E-state index contributed by atoms with van der Waals surface area (Å²) in [5, 5.41) is 2.39. The molecule has 0 radical (unpaired) electrons. The maximum absolute atomic E-state index is 4.46. The zero-order valence-electron chi connectivity index (χ0n) is 31.7. The van der Waals surface area contributed by atoms with Crippen LogP contribution in [0, 0.1) is 0 Å². The quantitative estimate of drug-likeness (QED) is 0.148. The van der Waals surface area contributed by atoms with E-state index >= 15 is 0 Å². The third kappa shape index (κ3) is 7.57. The van der Waals surface area contributed by atoms with Crippen molar-refractivity contribution in [1.29, 1.82) is 0 Å². The molecule has 1 aromatic heterocycles. The van der Waals surface area contributed by atoms with Gasteiger partial charge in [-0.3, -0.25) is 4.98 Å². The van der Waals surface area contributed by atoms with E-state index in [0.717, 1.165) is 45.3 Å². The Balaban J connectivity index is 0.00000217. The second-order valence-corrected chi connectivity index (χ2v) is 13.3. The Bertz CT molecular complexity index is 2510. The van der Waals surface area contributed by atoms with Crippen LogP contribution >= 0.6 is 0 Å². The number of pyridine rings is 1. The number of benzene rings is 8. The molecule has 3 heteroatoms. The molecule has 0 N–H and O–H groups in total. The van der Waals surface area contributed by atoms with Crippen molar-refractivity contribution in [3.8, 4) is 33.4 Å². The van der Waals surface area contributed by atoms with Crippen molar-refractivity contribution in [2.45, 2.75) is 13.8 Å². The van der Waals surface area contributed by atoms with Crippen molar-refractivity contribution < 1.29 is 0 Å². The summed E-state index contributed by atoms with van der Waals surface area (Å²) in [6.07, 6.45) is 3.74. The first-order valence-electron chi connectivity index (χ1n) is 19.3. The fourth-order valence-electron chi connectivity index (χ4n) is 7.24. The Hall–Kier alpha value is -7.23. The molecule has 0 saturated heterocycles. The van der Waals surface area contributed by atoms with E-state index < -0.39 is 0 Å². The van der Waals surface area contributed by atoms with E-state index in [0.29, 0.717) is 0 Å². The zero-order chi connectivity index (χ0) is 38.1. The normalized spacial score (nSPS) is 10.7. The predicted octanol–water partition coefficient (Wildman–Crippen LogP) is 15.2. The number of nitrogens with zero attached hydrogens (tertiary/aromatic N) is 3. The molecule has 0 bridgehead atoms. The first kappa shape index (κ1) is 35.8. The zero-order valence-corrected chi connectivity index (χ0v) is 31.7. The first-order valence-corrected chi connectivity index (χ1v) is 19.3. The smallest absolute Gasteiger partial charge is 0.0645 e. The molecule has 0 aliphatic carbocycles. The standard InChI is InChI=1S/C51H37N3.C2H6/c1-3-11-38(12-4-1)40-20-28-45(29-21-40)53(46-30-22-41(23-31-46)39-13-5-2-6-14-39)47-32-24-42(25-33-47)43-26-34-48(35-27-43)54(49-17-10-36-52-37-49)51-19-9-16-44-15-7-8-18-50(44)51;1-2/h1-37H;1-2H3. The summed E-state index contributed by atoms with van der Waals surface area (Å²) in [6.45, 7) is 4.00. The number of hydrogen-bond donors (Lipinski definition) is 0. The van der Waals surface area contributed by atoms with Crippen LogP contribution in [0.15, 0.2) is 225 Å². The van der Waals surface area contributed by atoms with Crippen molar-refractivity contribution in [1.82, 2.24) is 4.98 Å². The van der Waals surface area contributed by atoms with E-state index in [4.69, 9.17) is 0 Å². The summed E-state index contributed by atoms with van der Waals surface area (Å²) in [6, 6.07) is 75.5. The van der Waals surface area contributed by atoms with Gasteiger partial charge in [0.1, 0.15) is 0 Å². The van der Waals surface area contributed by atoms with Crippen LogP contribution < -0.4 is 9.80 Å². The van der Waals surface area contributed by atoms with Crippen LogP contribution in [0.4, 0.5) is 34.1 Å². The third-order valence-corrected chi connectivity index (χ3v) is 9.96. The molecule has 56 heavy (non-hydrogen) atoms. The summed E-state index contributed by atoms with van der Waals surface area (Å²) in [5.74, 6) is 0. The Morgan fingerprint density at radius 1 is 0.304 bits per heavy atom. The van der Waals surface area contributed by atoms with Gasteiger partial charge < -0.3 is 9.80 Å². The Morgan fingerprint density at radius 3 is 1.14 bits per heavy atom. The van der Waals surface area contributed by atoms with Gasteiger partial charge in [0.15, 0.2) is 0 Å². The fourth-order valence-corrected chi connectivity index (χ4v) is 7.24. The van der Waals surface area contributed by atoms with Gasteiger partial charge in [-0.1, -0.05) is 159 Å². The number of rotatable bonds is 9. The summed E-state index contributed by atoms with van der Waals surface area (Å²) in [4.78, 5) is 9.07. The second-order valence-electron chi connectivity index (χ2n) is 13.3. The van der Waals surface area contributed by atoms with Crippen molar-refractivity contribution in [2.75, 3.05) is 9.80 Å². The maximum Gasteiger partial charge on any atom is 0.0645 e. The third-order valence-electron chi connectivity index (χ3n) is 9.96. The maximum atomic E-state index is 4.46. The molecule has 0 spiro atoms. The van der Waals surface area contributed by atoms with Gasteiger partial charge in [0.25, 0.3) is 0 Å². The largest absolute Gasteiger partial charge is 0.311 e. The lowest BCUT2D eigenvalue weighted by Gasteiger charge is -2.27. The molecule has 9 aromatic rings. The van der Waals surface area contributed by atoms with Gasteiger partial charge in [0, 0.05) is 34.3 Å². The number of hydrogen-bond acceptors (Lipinski definition) is 3. The summed E-state index contributed by atoms with van der Waals surface area (Å²) in [7, 11) is 0. The van der Waals surface area contributed by atoms with Crippen molar-refractivity contribution >= 4 is 44.9 Å². The highest BCUT2D eigenvalue weighted by atomic mass is 15.2. The highest BCUT2D eigenvalue weighted by molar-refractivity contribution is 5.99. The summed E-state index contributed by atoms with van der Waals surface area (Å²) < 4.78 is 0. The monoisotopic (exact) mass is 721 g/mol. The van der Waals surface area contributed by atoms with Crippen molar-refractivity contribution in [3.63, 3.8) is 0 Å². The first-order chi connectivity index (χ1) is 27.8. The highest BCUT2D eigenvalue weighted by Crippen LogP contribution is 2.40. The molecular weight excluding hydrogens is 679 g/mol. The van der Waals surface area contributed by atoms with Crippen LogP contribution in [-0.4, -0.2) is 4.98 Å². The lowest BCUT2D eigenvalue weighted by Crippen LogP contribution is -2.10. The minimum absolute atomic E-state index is 1.01. The van der Waals surface area contributed by atoms with E-state index in [2.05, 4.69) is 221 Å². The van der Waals surface area contributed by atoms with Gasteiger partial charge >= 0.3 is 0 Å². The molecule has 0 aliphatic rings. The van der Waals surface area contributed by atoms with Crippen molar-refractivity contribution in [2.24, 2.45) is 0 Å². The van der Waals surface area contributed by atoms with Crippen LogP contribution in [0.5, 0.6) is 0 Å². The Labute approximate surface area is 330 Å². The molecule has 0 fully saturated rings. The van der Waals surface area contributed by atoms with Gasteiger partial charge in [-0.2, -0.15) is 0 Å². The molecule has 0 amide bonds. The molecule has 9 rings (SSSR count). The molecule has 0 unspecified atom stereocenters. The summed E-state index contributed by atoms with van der Waals surface area (Å²) in [5.41, 5.74) is 13.6. The number of anilines is 6. The SMILES string of the molecule is CC.c1ccc(-c2ccc(N(c3ccc(-c4ccccc4)cc3)c3ccc(-c4ccc(N(c5cccnc5)c5cccc6ccccc56)cc4)cc3)cc2)cc1. The van der Waals surface area contributed by atoms with Crippen LogP contribution in [0.1, 0.15) is 13.8 Å². The molecule has 3 nitrogen and oxygen atoms in total. The van der Waals surface area contributed by atoms with E-state index in [1.54, 1.807) is 0 Å². The van der Waals surface area contributed by atoms with Crippen LogP contribution in [-0.2, 0) is 0 Å². The molecule has 0 saturated carbocycles. The molecule has 0 atom stereocenters. The lowest BCUT2D eigenvalue weighted by atomic mass is 10.0. The van der Waals surface area contributed by atoms with Gasteiger partial charge in [-0.15, -0.1) is 0 Å². The second kappa shape index (κ2) is 16.8. The molecule has 8 aromatic carbocycles. The average molecular weight is 722 g/mol. The van der Waals surface area contributed by atoms with E-state index in [-0.39, 0.29) is 0 Å². The minimum atomic E-state index is 1.01. The molecular formula is C53H43N3. The number of aromatic nitrogens is 1. The Morgan fingerprint density at radius 2 is 0.696 bits per heavy atom. The van der Waals surface area contributed by atoms with Gasteiger partial charge in [0.2, 0.25) is 0 Å². The highest BCUT2D eigenvalue weighted by Gasteiger charge is 2.17. The number of fused-ring (bicyclic) bond motifs is 1. The van der Waals surface area contributed by atoms with E-state index in [9.17, 15) is 0 Å². The average Bonchev–Trinajstić information content (AvgIpc) is 3.29. The van der Waals surface area contributed by atoms with Crippen LogP contribution in [0.2, 0.25) is 0 Å². The lowest BCUT2D eigenvalue weighted by molar-refractivity contribution is 1.24. The molecule has 0 aliphatic heterocycles. The van der Waals surface area contributed by atoms with Crippen LogP contribution in [0.25, 0.3) is 44.2 Å². The predicted molar refractivity (Wildman–Crippen MR) is 239 cm³/mol. The fraction of sp³-hybridized carbons (Fsp3) is 0.0377. The minimum Gasteiger partial charge on any atom is -0.311 e. The topological polar surface area (TPSA) is 19.4 Å². The van der Waals surface area contributed by atoms with Gasteiger partial charge in [0.05, 0.1) is 17.6 Å². The van der Waals surface area contributed by atoms with E-state index in [1.165, 1.54) is 33.0 Å². The summed E-state index contributed by atoms with van der Waals surface area (Å²) >= 11 is 0. The Kier molecular flexibility index (Phi) is 10.8. The van der Waals surface area contributed by atoms with Crippen molar-refractivity contribution in [3.05, 3.63) is 225 Å². The molecule has 1 heterocycles. The van der Waals surface area contributed by atoms with Gasteiger partial charge in [-0.25, -0.2) is 0 Å². The van der Waals surface area contributed by atoms with Gasteiger partial charge in [-0.05, 0) is 105 Å². The van der Waals surface area contributed by atoms with E-state index in [1.807, 2.05) is 32.3 Å². The molecule has 270 valence electrons.